The average Bonchev–Trinajstić information content (AvgIpc) is 2.23. The fourth-order valence-electron chi connectivity index (χ4n) is 3.30. The quantitative estimate of drug-likeness (QED) is 0.720. The number of nitrogens with zero attached hydrogens (tertiary/aromatic N) is 1. The van der Waals surface area contributed by atoms with Crippen LogP contribution >= 0.6 is 0 Å². The fourth-order valence-corrected chi connectivity index (χ4v) is 3.30. The monoisotopic (exact) mass is 211 g/mol. The Morgan fingerprint density at radius 1 is 1.07 bits per heavy atom. The number of likely N-dealkylation sites (tertiary alicyclic amines) is 1. The maximum atomic E-state index is 10.1. The van der Waals surface area contributed by atoms with Crippen molar-refractivity contribution in [1.82, 2.24) is 4.90 Å². The molecule has 2 heteroatoms. The number of aliphatic hydroxyl groups excluding tert-OH is 1. The Bertz CT molecular complexity index is 207. The molecule has 0 spiro atoms. The maximum absolute atomic E-state index is 10.1. The maximum Gasteiger partial charge on any atom is 0.0695 e. The van der Waals surface area contributed by atoms with Crippen molar-refractivity contribution in [2.45, 2.75) is 70.6 Å². The first-order chi connectivity index (χ1) is 7.18. The highest BCUT2D eigenvalue weighted by Crippen LogP contribution is 2.31. The van der Waals surface area contributed by atoms with E-state index in [9.17, 15) is 5.11 Å². The van der Waals surface area contributed by atoms with Crippen LogP contribution in [0.2, 0.25) is 0 Å². The normalized spacial score (nSPS) is 44.2. The van der Waals surface area contributed by atoms with Crippen molar-refractivity contribution in [1.29, 1.82) is 0 Å². The Balaban J connectivity index is 1.99. The minimum atomic E-state index is -0.0678. The molecule has 2 rings (SSSR count). The molecular formula is C13H25NO. The third-order valence-electron chi connectivity index (χ3n) is 4.32. The summed E-state index contributed by atoms with van der Waals surface area (Å²) in [5.74, 6) is 0.799. The highest BCUT2D eigenvalue weighted by molar-refractivity contribution is 4.89. The minimum absolute atomic E-state index is 0.0678. The summed E-state index contributed by atoms with van der Waals surface area (Å²) in [6.45, 7) is 5.86. The van der Waals surface area contributed by atoms with Crippen molar-refractivity contribution in [3.63, 3.8) is 0 Å². The second-order valence-corrected chi connectivity index (χ2v) is 5.64. The highest BCUT2D eigenvalue weighted by atomic mass is 16.3. The largest absolute Gasteiger partial charge is 0.391 e. The molecule has 1 aliphatic heterocycles. The van der Waals surface area contributed by atoms with Crippen molar-refractivity contribution >= 4 is 0 Å². The van der Waals surface area contributed by atoms with Gasteiger partial charge in [-0.25, -0.2) is 0 Å². The lowest BCUT2D eigenvalue weighted by atomic mass is 9.82. The zero-order valence-corrected chi connectivity index (χ0v) is 10.2. The molecule has 0 bridgehead atoms. The zero-order valence-electron chi connectivity index (χ0n) is 10.2. The van der Waals surface area contributed by atoms with Crippen molar-refractivity contribution in [3.8, 4) is 0 Å². The topological polar surface area (TPSA) is 23.5 Å². The molecule has 0 aromatic heterocycles. The molecule has 15 heavy (non-hydrogen) atoms. The fraction of sp³-hybridized carbons (Fsp3) is 1.00. The van der Waals surface area contributed by atoms with E-state index in [2.05, 4.69) is 18.7 Å². The van der Waals surface area contributed by atoms with Gasteiger partial charge in [0.25, 0.3) is 0 Å². The predicted molar refractivity (Wildman–Crippen MR) is 62.8 cm³/mol. The number of piperidine rings is 1. The second-order valence-electron chi connectivity index (χ2n) is 5.64. The van der Waals surface area contributed by atoms with Crippen LogP contribution in [0.1, 0.15) is 52.4 Å². The van der Waals surface area contributed by atoms with Crippen LogP contribution < -0.4 is 0 Å². The van der Waals surface area contributed by atoms with Crippen molar-refractivity contribution < 1.29 is 5.11 Å². The van der Waals surface area contributed by atoms with E-state index < -0.39 is 0 Å². The summed E-state index contributed by atoms with van der Waals surface area (Å²) in [6, 6.07) is 1.13. The molecule has 1 saturated heterocycles. The lowest BCUT2D eigenvalue weighted by molar-refractivity contribution is -0.0222. The van der Waals surface area contributed by atoms with Gasteiger partial charge in [0.15, 0.2) is 0 Å². The van der Waals surface area contributed by atoms with Gasteiger partial charge in [0.1, 0.15) is 0 Å². The van der Waals surface area contributed by atoms with Crippen LogP contribution in [-0.4, -0.2) is 34.7 Å². The van der Waals surface area contributed by atoms with Gasteiger partial charge in [-0.3, -0.25) is 4.90 Å². The summed E-state index contributed by atoms with van der Waals surface area (Å²) < 4.78 is 0. The molecule has 1 heterocycles. The summed E-state index contributed by atoms with van der Waals surface area (Å²) >= 11 is 0. The summed E-state index contributed by atoms with van der Waals surface area (Å²) in [5.41, 5.74) is 0. The van der Waals surface area contributed by atoms with Gasteiger partial charge in [-0.2, -0.15) is 0 Å². The van der Waals surface area contributed by atoms with Gasteiger partial charge in [0, 0.05) is 12.1 Å². The lowest BCUT2D eigenvalue weighted by Crippen LogP contribution is -2.52. The van der Waals surface area contributed by atoms with Gasteiger partial charge >= 0.3 is 0 Å². The Morgan fingerprint density at radius 2 is 1.87 bits per heavy atom. The summed E-state index contributed by atoms with van der Waals surface area (Å²) in [4.78, 5) is 2.57. The Labute approximate surface area is 93.7 Å². The first-order valence-corrected chi connectivity index (χ1v) is 6.62. The summed E-state index contributed by atoms with van der Waals surface area (Å²) in [6.07, 6.45) is 7.36. The molecule has 88 valence electrons. The molecule has 4 unspecified atom stereocenters. The van der Waals surface area contributed by atoms with Crippen LogP contribution in [0.4, 0.5) is 0 Å². The second kappa shape index (κ2) is 4.84. The van der Waals surface area contributed by atoms with Gasteiger partial charge < -0.3 is 5.11 Å². The van der Waals surface area contributed by atoms with Crippen LogP contribution in [0.15, 0.2) is 0 Å². The van der Waals surface area contributed by atoms with Gasteiger partial charge in [0.2, 0.25) is 0 Å². The molecule has 2 fully saturated rings. The lowest BCUT2D eigenvalue weighted by Gasteiger charge is -2.45. The van der Waals surface area contributed by atoms with E-state index in [0.29, 0.717) is 12.1 Å². The van der Waals surface area contributed by atoms with E-state index in [4.69, 9.17) is 0 Å². The molecule has 1 N–H and O–H groups in total. The molecule has 0 aromatic carbocycles. The minimum Gasteiger partial charge on any atom is -0.391 e. The van der Waals surface area contributed by atoms with Crippen molar-refractivity contribution in [2.75, 3.05) is 6.54 Å². The van der Waals surface area contributed by atoms with Crippen LogP contribution in [0, 0.1) is 5.92 Å². The number of hydrogen-bond acceptors (Lipinski definition) is 2. The van der Waals surface area contributed by atoms with Crippen molar-refractivity contribution in [3.05, 3.63) is 0 Å². The first-order valence-electron chi connectivity index (χ1n) is 6.62. The molecule has 0 aromatic rings. The zero-order chi connectivity index (χ0) is 10.8. The third kappa shape index (κ3) is 2.54. The van der Waals surface area contributed by atoms with Crippen LogP contribution in [0.5, 0.6) is 0 Å². The molecule has 1 saturated carbocycles. The summed E-state index contributed by atoms with van der Waals surface area (Å²) in [7, 11) is 0. The van der Waals surface area contributed by atoms with Gasteiger partial charge in [-0.15, -0.1) is 0 Å². The van der Waals surface area contributed by atoms with E-state index in [1.165, 1.54) is 38.6 Å². The predicted octanol–water partition coefficient (Wildman–Crippen LogP) is 2.41. The van der Waals surface area contributed by atoms with E-state index >= 15 is 0 Å². The van der Waals surface area contributed by atoms with Crippen molar-refractivity contribution in [2.24, 2.45) is 5.92 Å². The summed E-state index contributed by atoms with van der Waals surface area (Å²) in [5, 5.41) is 10.1. The molecule has 0 amide bonds. The molecular weight excluding hydrogens is 186 g/mol. The highest BCUT2D eigenvalue weighted by Gasteiger charge is 2.34. The standard InChI is InChI=1S/C13H25NO/c1-10-6-7-13(15)12(9-10)14-8-4-3-5-11(14)2/h10-13,15H,3-9H2,1-2H3. The third-order valence-corrected chi connectivity index (χ3v) is 4.32. The average molecular weight is 211 g/mol. The molecule has 2 nitrogen and oxygen atoms in total. The molecule has 0 radical (unpaired) electrons. The molecule has 1 aliphatic carbocycles. The van der Waals surface area contributed by atoms with E-state index in [1.54, 1.807) is 0 Å². The van der Waals surface area contributed by atoms with Gasteiger partial charge in [0.05, 0.1) is 6.10 Å². The number of hydrogen-bond donors (Lipinski definition) is 1. The van der Waals surface area contributed by atoms with Crippen LogP contribution in [-0.2, 0) is 0 Å². The number of aliphatic hydroxyl groups is 1. The smallest absolute Gasteiger partial charge is 0.0695 e. The Hall–Kier alpha value is -0.0800. The molecule has 2 aliphatic rings. The van der Waals surface area contributed by atoms with Gasteiger partial charge in [-0.1, -0.05) is 13.3 Å². The van der Waals surface area contributed by atoms with E-state index in [-0.39, 0.29) is 6.10 Å². The Morgan fingerprint density at radius 3 is 2.60 bits per heavy atom. The number of rotatable bonds is 1. The van der Waals surface area contributed by atoms with Crippen LogP contribution in [0.25, 0.3) is 0 Å². The Kier molecular flexibility index (Phi) is 3.68. The van der Waals surface area contributed by atoms with E-state index in [0.717, 1.165) is 12.3 Å². The van der Waals surface area contributed by atoms with Gasteiger partial charge in [-0.05, 0) is 51.5 Å². The van der Waals surface area contributed by atoms with Crippen LogP contribution in [0.3, 0.4) is 0 Å². The first kappa shape index (κ1) is 11.4. The van der Waals surface area contributed by atoms with E-state index in [1.807, 2.05) is 0 Å². The molecule has 4 atom stereocenters. The SMILES string of the molecule is CC1CCC(O)C(N2CCCCC2C)C1.